The summed E-state index contributed by atoms with van der Waals surface area (Å²) < 4.78 is 65.5. The van der Waals surface area contributed by atoms with Gasteiger partial charge >= 0.3 is 12.1 Å². The average molecular weight is 300 g/mol. The molecule has 0 fully saturated rings. The molecule has 0 N–H and O–H groups in total. The van der Waals surface area contributed by atoms with Gasteiger partial charge in [-0.05, 0) is 23.9 Å². The molecule has 0 atom stereocenters. The largest absolute Gasteiger partial charge is 0.446 e. The monoisotopic (exact) mass is 300 g/mol. The summed E-state index contributed by atoms with van der Waals surface area (Å²) in [7, 11) is 0. The Hall–Kier alpha value is -1.31. The molecule has 0 saturated carbocycles. The van der Waals surface area contributed by atoms with E-state index in [0.717, 1.165) is 18.2 Å². The Morgan fingerprint density at radius 1 is 1.37 bits per heavy atom. The minimum absolute atomic E-state index is 0.116. The molecule has 0 unspecified atom stereocenters. The lowest BCUT2D eigenvalue weighted by atomic mass is 10.1. The summed E-state index contributed by atoms with van der Waals surface area (Å²) in [5.74, 6) is -1.24. The number of alkyl halides is 5. The molecule has 2 nitrogen and oxygen atoms in total. The molecule has 1 aromatic rings. The number of carbonyl (C=O) groups excluding carboxylic acids is 1. The molecule has 1 rings (SSSR count). The van der Waals surface area contributed by atoms with Crippen molar-refractivity contribution in [2.24, 2.45) is 0 Å². The van der Waals surface area contributed by atoms with Crippen LogP contribution in [0, 0.1) is 0 Å². The average Bonchev–Trinajstić information content (AvgIpc) is 2.25. The maximum atomic E-state index is 12.3. The Morgan fingerprint density at radius 2 is 2.00 bits per heavy atom. The van der Waals surface area contributed by atoms with Crippen molar-refractivity contribution in [3.05, 3.63) is 23.8 Å². The van der Waals surface area contributed by atoms with Crippen LogP contribution < -0.4 is 4.74 Å². The lowest BCUT2D eigenvalue weighted by molar-refractivity contribution is -0.0503. The first-order valence-electron chi connectivity index (χ1n) is 5.11. The third-order valence-corrected chi connectivity index (χ3v) is 2.82. The number of thioether (sulfide) groups is 1. The predicted molar refractivity (Wildman–Crippen MR) is 59.6 cm³/mol. The molecule has 0 aliphatic rings. The molecular formula is C11H9F5O2S. The van der Waals surface area contributed by atoms with Crippen LogP contribution in [0.5, 0.6) is 5.75 Å². The summed E-state index contributed by atoms with van der Waals surface area (Å²) in [4.78, 5) is 11.2. The van der Waals surface area contributed by atoms with E-state index in [9.17, 15) is 26.7 Å². The van der Waals surface area contributed by atoms with E-state index in [1.165, 1.54) is 6.92 Å². The van der Waals surface area contributed by atoms with E-state index in [-0.39, 0.29) is 6.42 Å². The second-order valence-corrected chi connectivity index (χ2v) is 4.44. The van der Waals surface area contributed by atoms with Gasteiger partial charge in [-0.25, -0.2) is 0 Å². The van der Waals surface area contributed by atoms with E-state index < -0.39 is 45.9 Å². The Balaban J connectivity index is 3.26. The second kappa shape index (κ2) is 6.23. The van der Waals surface area contributed by atoms with Gasteiger partial charge in [0.1, 0.15) is 5.75 Å². The first kappa shape index (κ1) is 15.7. The highest BCUT2D eigenvalue weighted by atomic mass is 32.2. The minimum atomic E-state index is -4.62. The first-order valence-corrected chi connectivity index (χ1v) is 5.93. The highest BCUT2D eigenvalue weighted by Crippen LogP contribution is 2.41. The summed E-state index contributed by atoms with van der Waals surface area (Å²) >= 11 is -0.533. The number of hydrogen-bond donors (Lipinski definition) is 0. The molecule has 0 bridgehead atoms. The quantitative estimate of drug-likeness (QED) is 0.455. The number of benzene rings is 1. The molecular weight excluding hydrogens is 291 g/mol. The smallest absolute Gasteiger partial charge is 0.434 e. The van der Waals surface area contributed by atoms with Gasteiger partial charge < -0.3 is 4.74 Å². The molecule has 0 saturated heterocycles. The number of halogens is 5. The fraction of sp³-hybridized carbons (Fsp3) is 0.364. The van der Waals surface area contributed by atoms with Crippen LogP contribution in [0.3, 0.4) is 0 Å². The predicted octanol–water partition coefficient (Wildman–Crippen LogP) is 4.49. The van der Waals surface area contributed by atoms with Crippen LogP contribution in [-0.4, -0.2) is 17.9 Å². The second-order valence-electron chi connectivity index (χ2n) is 3.33. The zero-order valence-electron chi connectivity index (χ0n) is 9.63. The van der Waals surface area contributed by atoms with Gasteiger partial charge in [0.25, 0.3) is 0 Å². The molecule has 19 heavy (non-hydrogen) atoms. The zero-order chi connectivity index (χ0) is 14.6. The number of rotatable bonds is 5. The van der Waals surface area contributed by atoms with Crippen LogP contribution in [0.25, 0.3) is 0 Å². The van der Waals surface area contributed by atoms with Crippen molar-refractivity contribution in [2.75, 3.05) is 0 Å². The summed E-state index contributed by atoms with van der Waals surface area (Å²) in [6, 6.07) is 3.20. The summed E-state index contributed by atoms with van der Waals surface area (Å²) in [5, 5.41) is 0. The summed E-state index contributed by atoms with van der Waals surface area (Å²) in [5.41, 5.74) is -5.08. The molecule has 0 amide bonds. The normalized spacial score (nSPS) is 11.7. The number of carbonyl (C=O) groups is 1. The minimum Gasteiger partial charge on any atom is -0.434 e. The lowest BCUT2D eigenvalue weighted by Gasteiger charge is -2.14. The summed E-state index contributed by atoms with van der Waals surface area (Å²) in [6.45, 7) is -1.79. The van der Waals surface area contributed by atoms with Gasteiger partial charge in [0.05, 0.1) is 5.56 Å². The van der Waals surface area contributed by atoms with Crippen molar-refractivity contribution in [3.8, 4) is 5.75 Å². The van der Waals surface area contributed by atoms with Gasteiger partial charge in [0, 0.05) is 11.3 Å². The fourth-order valence-electron chi connectivity index (χ4n) is 1.37. The number of ether oxygens (including phenoxy) is 1. The molecule has 0 radical (unpaired) electrons. The fourth-order valence-corrected chi connectivity index (χ4v) is 2.08. The van der Waals surface area contributed by atoms with Crippen molar-refractivity contribution >= 4 is 17.5 Å². The molecule has 1 aromatic carbocycles. The third-order valence-electron chi connectivity index (χ3n) is 2.03. The van der Waals surface area contributed by atoms with E-state index in [2.05, 4.69) is 4.74 Å². The molecule has 0 spiro atoms. The standard InChI is InChI=1S/C11H9F5O2S/c1-2-6(17)9-7(18-10(12)13)4-3-5-8(9)19-11(14,15)16/h3-5,10H,2H2,1H3. The maximum absolute atomic E-state index is 12.3. The van der Waals surface area contributed by atoms with E-state index in [1.54, 1.807) is 0 Å². The Morgan fingerprint density at radius 3 is 2.47 bits per heavy atom. The van der Waals surface area contributed by atoms with Gasteiger partial charge in [0.2, 0.25) is 0 Å². The lowest BCUT2D eigenvalue weighted by Crippen LogP contribution is -2.10. The first-order chi connectivity index (χ1) is 8.74. The van der Waals surface area contributed by atoms with Gasteiger partial charge in [-0.1, -0.05) is 13.0 Å². The molecule has 0 aliphatic heterocycles. The van der Waals surface area contributed by atoms with Gasteiger partial charge in [-0.15, -0.1) is 0 Å². The van der Waals surface area contributed by atoms with E-state index in [0.29, 0.717) is 0 Å². The molecule has 0 aromatic heterocycles. The molecule has 0 aliphatic carbocycles. The van der Waals surface area contributed by atoms with Crippen LogP contribution in [-0.2, 0) is 0 Å². The zero-order valence-corrected chi connectivity index (χ0v) is 10.4. The van der Waals surface area contributed by atoms with E-state index in [4.69, 9.17) is 0 Å². The van der Waals surface area contributed by atoms with Gasteiger partial charge in [-0.3, -0.25) is 4.79 Å². The van der Waals surface area contributed by atoms with Crippen LogP contribution >= 0.6 is 11.8 Å². The molecule has 106 valence electrons. The number of hydrogen-bond acceptors (Lipinski definition) is 3. The molecule has 8 heteroatoms. The Kier molecular flexibility index (Phi) is 5.16. The Labute approximate surface area is 109 Å². The molecule has 0 heterocycles. The van der Waals surface area contributed by atoms with Crippen LogP contribution in [0.15, 0.2) is 23.1 Å². The van der Waals surface area contributed by atoms with Crippen molar-refractivity contribution in [1.82, 2.24) is 0 Å². The third kappa shape index (κ3) is 4.70. The van der Waals surface area contributed by atoms with E-state index >= 15 is 0 Å². The van der Waals surface area contributed by atoms with Crippen LogP contribution in [0.1, 0.15) is 23.7 Å². The SMILES string of the molecule is CCC(=O)c1c(OC(F)F)cccc1SC(F)(F)F. The van der Waals surface area contributed by atoms with E-state index in [1.807, 2.05) is 0 Å². The van der Waals surface area contributed by atoms with Crippen molar-refractivity contribution in [1.29, 1.82) is 0 Å². The van der Waals surface area contributed by atoms with Crippen LogP contribution in [0.2, 0.25) is 0 Å². The number of Topliss-reactive ketones (excluding diaryl/α,β-unsaturated/α-hetero) is 1. The van der Waals surface area contributed by atoms with Crippen molar-refractivity contribution < 1.29 is 31.5 Å². The number of ketones is 1. The summed E-state index contributed by atoms with van der Waals surface area (Å²) in [6.07, 6.45) is -0.116. The van der Waals surface area contributed by atoms with Gasteiger partial charge in [-0.2, -0.15) is 22.0 Å². The highest BCUT2D eigenvalue weighted by Gasteiger charge is 2.32. The maximum Gasteiger partial charge on any atom is 0.446 e. The highest BCUT2D eigenvalue weighted by molar-refractivity contribution is 8.00. The van der Waals surface area contributed by atoms with Crippen molar-refractivity contribution in [2.45, 2.75) is 30.4 Å². The van der Waals surface area contributed by atoms with Crippen molar-refractivity contribution in [3.63, 3.8) is 0 Å². The van der Waals surface area contributed by atoms with Gasteiger partial charge in [0.15, 0.2) is 5.78 Å². The topological polar surface area (TPSA) is 26.3 Å². The Bertz CT molecular complexity index is 459. The van der Waals surface area contributed by atoms with Crippen LogP contribution in [0.4, 0.5) is 22.0 Å².